The van der Waals surface area contributed by atoms with E-state index < -0.39 is 238 Å². The van der Waals surface area contributed by atoms with E-state index in [-0.39, 0.29) is 0 Å². The van der Waals surface area contributed by atoms with Crippen LogP contribution in [-0.4, -0.2) is 368 Å². The summed E-state index contributed by atoms with van der Waals surface area (Å²) >= 11 is 0. The van der Waals surface area contributed by atoms with Gasteiger partial charge in [-0.25, -0.2) is 57.5 Å². The molecule has 19 rings (SSSR count). The predicted molar refractivity (Wildman–Crippen MR) is 281 cm³/mol. The molecule has 1 aliphatic carbocycles. The van der Waals surface area contributed by atoms with Crippen molar-refractivity contribution in [3.63, 3.8) is 0 Å². The highest BCUT2D eigenvalue weighted by atomic mass is 16.3. The van der Waals surface area contributed by atoms with E-state index >= 15 is 57.5 Å². The van der Waals surface area contributed by atoms with Gasteiger partial charge in [0.25, 0.3) is 0 Å². The van der Waals surface area contributed by atoms with Gasteiger partial charge < -0.3 is 22.9 Å². The first-order valence-electron chi connectivity index (χ1n) is 30.2. The molecule has 1 saturated carbocycles. The van der Waals surface area contributed by atoms with Gasteiger partial charge in [-0.1, -0.05) is 13.8 Å². The molecule has 41 heteroatoms. The lowest BCUT2D eigenvalue weighted by Crippen LogP contribution is -2.80. The molecule has 474 valence electrons. The summed E-state index contributed by atoms with van der Waals surface area (Å²) in [7, 11) is 0. The number of quaternary nitrogens is 2. The highest BCUT2D eigenvalue weighted by Crippen LogP contribution is 2.51. The minimum atomic E-state index is -1.16. The van der Waals surface area contributed by atoms with Crippen LogP contribution >= 0.6 is 0 Å². The second kappa shape index (κ2) is 17.0. The van der Waals surface area contributed by atoms with Crippen molar-refractivity contribution < 1.29 is 73.8 Å². The van der Waals surface area contributed by atoms with Crippen LogP contribution in [0.15, 0.2) is 0 Å². The lowest BCUT2D eigenvalue weighted by Gasteiger charge is -2.42. The molecule has 19 aliphatic rings. The first kappa shape index (κ1) is 52.7. The normalized spacial score (nSPS) is 37.6. The van der Waals surface area contributed by atoms with Crippen molar-refractivity contribution in [2.45, 2.75) is 138 Å². The first-order valence-corrected chi connectivity index (χ1v) is 30.2. The lowest BCUT2D eigenvalue weighted by molar-refractivity contribution is -0.534. The van der Waals surface area contributed by atoms with Gasteiger partial charge in [0.05, 0.1) is 6.04 Å². The number of urea groups is 12. The maximum atomic E-state index is 15.1. The largest absolute Gasteiger partial charge is 0.368 e. The van der Waals surface area contributed by atoms with Crippen molar-refractivity contribution in [1.82, 2.24) is 118 Å². The maximum Gasteiger partial charge on any atom is 0.326 e. The van der Waals surface area contributed by atoms with E-state index in [4.69, 9.17) is 11.5 Å². The molecule has 0 radical (unpaired) electrons. The van der Waals surface area contributed by atoms with Gasteiger partial charge in [0.2, 0.25) is 5.91 Å². The van der Waals surface area contributed by atoms with Crippen LogP contribution in [0.5, 0.6) is 0 Å². The Bertz CT molecular complexity index is 2560. The summed E-state index contributed by atoms with van der Waals surface area (Å²) in [5.41, 5.74) is 18.3. The van der Waals surface area contributed by atoms with E-state index in [9.17, 15) is 4.79 Å². The average Bonchev–Trinajstić information content (AvgIpc) is 1.53. The molecule has 0 spiro atoms. The number of rotatable bonds is 3. The second-order valence-electron chi connectivity index (χ2n) is 26.8. The third kappa shape index (κ3) is 6.16. The van der Waals surface area contributed by atoms with Gasteiger partial charge in [-0.05, 0) is 25.2 Å². The van der Waals surface area contributed by atoms with Gasteiger partial charge in [0.1, 0.15) is 92.1 Å². The minimum Gasteiger partial charge on any atom is -0.368 e. The summed E-state index contributed by atoms with van der Waals surface area (Å²) in [6.45, 7) is -1.48. The van der Waals surface area contributed by atoms with E-state index in [0.717, 1.165) is 0 Å². The van der Waals surface area contributed by atoms with Crippen LogP contribution in [0.4, 0.5) is 57.5 Å². The zero-order chi connectivity index (χ0) is 61.6. The molecule has 19 fully saturated rings. The van der Waals surface area contributed by atoms with Crippen LogP contribution < -0.4 is 22.9 Å². The fraction of sp³-hybridized carbons (Fsp3) is 0.729. The second-order valence-corrected chi connectivity index (χ2v) is 26.8. The molecular formula is C48H66N28O13+2. The highest BCUT2D eigenvalue weighted by Gasteiger charge is 2.76. The summed E-state index contributed by atoms with van der Waals surface area (Å²) in [6.07, 6.45) is -7.90. The number of amides is 25. The molecule has 18 saturated heterocycles. The van der Waals surface area contributed by atoms with Crippen molar-refractivity contribution in [1.29, 1.82) is 0 Å². The van der Waals surface area contributed by atoms with Crippen LogP contribution in [0.25, 0.3) is 0 Å². The molecule has 89 heavy (non-hydrogen) atoms. The van der Waals surface area contributed by atoms with Crippen LogP contribution in [0.1, 0.15) is 46.0 Å². The lowest BCUT2D eigenvalue weighted by atomic mass is 9.92. The monoisotopic (exact) mass is 1240 g/mol. The molecule has 41 nitrogen and oxygen atoms in total. The van der Waals surface area contributed by atoms with Gasteiger partial charge >= 0.3 is 72.4 Å². The molecule has 10 N–H and O–H groups in total. The quantitative estimate of drug-likeness (QED) is 0.204. The van der Waals surface area contributed by atoms with E-state index in [1.54, 1.807) is 0 Å². The van der Waals surface area contributed by atoms with Gasteiger partial charge in [0, 0.05) is 12.8 Å². The molecule has 0 aromatic carbocycles. The molecule has 18 heterocycles. The Hall–Kier alpha value is -9.41. The molecule has 3 atom stereocenters. The standard InChI is InChI=1S/C36H36N24O12.C6H14N2O.C6H14N2/c61-25-37-1-38-14-16-42(26(38)62)4-46-18-20-50(30(46)66)8-54-22-24-58(34(54)70)11-57-23-21-53(33(57)69)7-49-19-17-45(29(49)65)3-41(25)15-13(37)39-2-40(14)28(64)44(16)6-48(18)32(68)52(20)10-56(22)36(72)60(24)12-59(23)35(71)55(21)9-51(19)31(67)47(17)5-43(15)27(39)63;1-4(2)3-5(7)6(8)9;7-5-3-1-2-4-6(5)8/h13-24H,1-12H2;4-5H,3,7H2,1-2H3,(H2,8,9);5-6H,1-4,7-8H2/p+2/t;5-;5-,6-/m.01/s1. The molecule has 0 aromatic rings. The van der Waals surface area contributed by atoms with Crippen molar-refractivity contribution in [3.05, 3.63) is 0 Å². The predicted octanol–water partition coefficient (Wildman–Crippen LogP) is -7.04. The Morgan fingerprint density at radius 3 is 0.517 bits per heavy atom. The van der Waals surface area contributed by atoms with Crippen molar-refractivity contribution >= 4 is 78.3 Å². The minimum absolute atomic E-state index is 0.413. The zero-order valence-corrected chi connectivity index (χ0v) is 48.4. The maximum absolute atomic E-state index is 15.1. The van der Waals surface area contributed by atoms with Crippen LogP contribution in [-0.2, 0) is 4.79 Å². The number of carbonyl (C=O) groups is 13. The van der Waals surface area contributed by atoms with Gasteiger partial charge in [-0.3, -0.25) is 122 Å². The molecule has 0 bridgehead atoms. The topological polar surface area (TPSA) is 407 Å². The third-order valence-corrected chi connectivity index (χ3v) is 22.0. The fourth-order valence-electron chi connectivity index (χ4n) is 17.9. The number of carbonyl (C=O) groups excluding carboxylic acids is 13. The zero-order valence-electron chi connectivity index (χ0n) is 48.4. The summed E-state index contributed by atoms with van der Waals surface area (Å²) in [4.78, 5) is 224. The Morgan fingerprint density at radius 1 is 0.315 bits per heavy atom. The van der Waals surface area contributed by atoms with Gasteiger partial charge in [0.15, 0.2) is 74.0 Å². The Kier molecular flexibility index (Phi) is 10.1. The van der Waals surface area contributed by atoms with Gasteiger partial charge in [-0.15, -0.1) is 0 Å². The van der Waals surface area contributed by atoms with Gasteiger partial charge in [-0.2, -0.15) is 0 Å². The number of nitrogens with two attached hydrogens (primary N) is 2. The van der Waals surface area contributed by atoms with E-state index in [1.807, 2.05) is 13.8 Å². The smallest absolute Gasteiger partial charge is 0.326 e. The van der Waals surface area contributed by atoms with Crippen LogP contribution in [0.2, 0.25) is 0 Å². The number of nitrogens with zero attached hydrogens (tertiary/aromatic N) is 24. The van der Waals surface area contributed by atoms with E-state index in [0.29, 0.717) is 24.4 Å². The molecule has 0 aromatic heterocycles. The molecule has 18 aliphatic heterocycles. The summed E-state index contributed by atoms with van der Waals surface area (Å²) in [6, 6.07) is -7.08. The van der Waals surface area contributed by atoms with E-state index in [1.165, 1.54) is 143 Å². The Labute approximate surface area is 503 Å². The Balaban J connectivity index is 0.000000306. The van der Waals surface area contributed by atoms with Crippen LogP contribution in [0.3, 0.4) is 0 Å². The van der Waals surface area contributed by atoms with Crippen molar-refractivity contribution in [3.8, 4) is 0 Å². The first-order chi connectivity index (χ1) is 42.6. The molecular weight excluding hydrogens is 1180 g/mol. The van der Waals surface area contributed by atoms with Crippen LogP contribution in [0, 0.1) is 5.92 Å². The summed E-state index contributed by atoms with van der Waals surface area (Å²) < 4.78 is 0. The SMILES string of the molecule is CC(C)C[C@H](N)C(N)=O.O=C1N2CN3C(=O)N4CN5C(=O)N6CN7C(=O)N8CN9C(=O)N%10CN%11C(=O)N%12CN1C1C2N2CN%13C(=O)N(CN%14C(=O)N(CN%15C(=O)N(CN%16C(=O)N(CN%17C(=O)N(CN1C2=O)C%12C%11%17)C%10C9%16)C8C7%15)C6C5%14)C4C3%13.[NH3+][C@@H]1CCCC[C@H]1[NH3+]. The summed E-state index contributed by atoms with van der Waals surface area (Å²) in [5, 5.41) is 0. The van der Waals surface area contributed by atoms with E-state index in [2.05, 4.69) is 11.5 Å². The highest BCUT2D eigenvalue weighted by molar-refractivity contribution is 5.95. The molecule has 0 unspecified atom stereocenters. The third-order valence-electron chi connectivity index (χ3n) is 22.0. The van der Waals surface area contributed by atoms with Crippen molar-refractivity contribution in [2.75, 3.05) is 80.0 Å². The van der Waals surface area contributed by atoms with Crippen molar-refractivity contribution in [2.24, 2.45) is 17.4 Å². The molecule has 25 amide bonds. The Morgan fingerprint density at radius 2 is 0.438 bits per heavy atom. The number of hydrogen-bond donors (Lipinski definition) is 4. The number of primary amides is 1. The number of hydrogen-bond acceptors (Lipinski definition) is 14. The average molecular weight is 1240 g/mol. The summed E-state index contributed by atoms with van der Waals surface area (Å²) in [5.74, 6) is 0.0243. The fourth-order valence-corrected chi connectivity index (χ4v) is 17.9.